The zero-order valence-electron chi connectivity index (χ0n) is 10.5. The van der Waals surface area contributed by atoms with E-state index in [1.807, 2.05) is 0 Å². The number of nitrogens with zero attached hydrogens (tertiary/aromatic N) is 1. The molecular weight excluding hydrogens is 262 g/mol. The predicted octanol–water partition coefficient (Wildman–Crippen LogP) is 0.218. The molecule has 2 aliphatic rings. The highest BCUT2D eigenvalue weighted by molar-refractivity contribution is 6.24. The molecule has 2 aliphatic heterocycles. The molecule has 0 aromatic heterocycles. The van der Waals surface area contributed by atoms with Crippen molar-refractivity contribution < 1.29 is 19.4 Å². The summed E-state index contributed by atoms with van der Waals surface area (Å²) >= 11 is 0. The third kappa shape index (κ3) is 1.88. The minimum absolute atomic E-state index is 0.0895. The zero-order chi connectivity index (χ0) is 14.3. The number of anilines is 2. The van der Waals surface area contributed by atoms with Crippen LogP contribution in [0.3, 0.4) is 0 Å². The second-order valence-corrected chi connectivity index (χ2v) is 4.63. The van der Waals surface area contributed by atoms with Gasteiger partial charge in [0.1, 0.15) is 24.1 Å². The third-order valence-electron chi connectivity index (χ3n) is 3.32. The lowest BCUT2D eigenvalue weighted by Crippen LogP contribution is -2.32. The number of amides is 2. The topological polar surface area (TPSA) is 105 Å². The minimum Gasteiger partial charge on any atom is -0.509 e. The molecule has 0 saturated carbocycles. The number of aliphatic hydroxyl groups is 1. The number of nitrogen functional groups attached to an aromatic ring is 1. The Hall–Kier alpha value is -2.54. The van der Waals surface area contributed by atoms with Crippen molar-refractivity contribution in [3.63, 3.8) is 0 Å². The third-order valence-corrected chi connectivity index (χ3v) is 3.32. The molecule has 7 nitrogen and oxygen atoms in total. The van der Waals surface area contributed by atoms with Gasteiger partial charge in [0.15, 0.2) is 0 Å². The molecule has 7 heteroatoms. The number of carbonyl (C=O) groups excluding carboxylic acids is 2. The molecule has 1 atom stereocenters. The number of ether oxygens (including phenoxy) is 1. The quantitative estimate of drug-likeness (QED) is 0.529. The van der Waals surface area contributed by atoms with Crippen molar-refractivity contribution in [3.8, 4) is 0 Å². The van der Waals surface area contributed by atoms with E-state index in [0.717, 1.165) is 0 Å². The van der Waals surface area contributed by atoms with Crippen molar-refractivity contribution in [1.82, 2.24) is 4.90 Å². The molecule has 0 bridgehead atoms. The Balaban J connectivity index is 1.82. The second-order valence-electron chi connectivity index (χ2n) is 4.63. The first-order chi connectivity index (χ1) is 9.58. The van der Waals surface area contributed by atoms with E-state index in [-0.39, 0.29) is 24.7 Å². The molecule has 1 saturated heterocycles. The van der Waals surface area contributed by atoms with Crippen LogP contribution in [0.4, 0.5) is 11.4 Å². The van der Waals surface area contributed by atoms with E-state index in [9.17, 15) is 14.7 Å². The van der Waals surface area contributed by atoms with Crippen LogP contribution in [0.1, 0.15) is 0 Å². The number of nitrogens with one attached hydrogen (secondary N) is 1. The first-order valence-electron chi connectivity index (χ1n) is 6.06. The van der Waals surface area contributed by atoms with E-state index in [0.29, 0.717) is 11.4 Å². The van der Waals surface area contributed by atoms with E-state index in [4.69, 9.17) is 10.5 Å². The van der Waals surface area contributed by atoms with E-state index < -0.39 is 17.9 Å². The number of hydrogen-bond donors (Lipinski definition) is 3. The highest BCUT2D eigenvalue weighted by Gasteiger charge is 2.45. The summed E-state index contributed by atoms with van der Waals surface area (Å²) < 4.78 is 5.08. The van der Waals surface area contributed by atoms with Gasteiger partial charge in [0, 0.05) is 11.4 Å². The van der Waals surface area contributed by atoms with Crippen LogP contribution in [0.2, 0.25) is 0 Å². The van der Waals surface area contributed by atoms with Crippen LogP contribution in [-0.2, 0) is 14.3 Å². The molecule has 0 radical (unpaired) electrons. The Morgan fingerprint density at radius 2 is 2.10 bits per heavy atom. The Kier molecular flexibility index (Phi) is 2.83. The van der Waals surface area contributed by atoms with Crippen molar-refractivity contribution in [3.05, 3.63) is 35.6 Å². The van der Waals surface area contributed by atoms with Gasteiger partial charge in [-0.2, -0.15) is 0 Å². The zero-order valence-corrected chi connectivity index (χ0v) is 10.5. The van der Waals surface area contributed by atoms with Gasteiger partial charge in [-0.3, -0.25) is 9.59 Å². The van der Waals surface area contributed by atoms with Crippen LogP contribution in [0.25, 0.3) is 0 Å². The number of nitrogens with two attached hydrogens (primary N) is 1. The molecule has 2 amide bonds. The summed E-state index contributed by atoms with van der Waals surface area (Å²) in [6, 6.07) is 5.96. The van der Waals surface area contributed by atoms with Gasteiger partial charge in [0.25, 0.3) is 11.8 Å². The highest BCUT2D eigenvalue weighted by atomic mass is 16.5. The van der Waals surface area contributed by atoms with Gasteiger partial charge in [-0.05, 0) is 24.3 Å². The summed E-state index contributed by atoms with van der Waals surface area (Å²) in [6.45, 7) is 0.294. The SMILES string of the molecule is Nc1ccc(NC(=O)C2=C(O)C3COCN3C2=O)cc1. The summed E-state index contributed by atoms with van der Waals surface area (Å²) in [7, 11) is 0. The average molecular weight is 275 g/mol. The lowest BCUT2D eigenvalue weighted by Gasteiger charge is -2.12. The van der Waals surface area contributed by atoms with Crippen LogP contribution >= 0.6 is 0 Å². The van der Waals surface area contributed by atoms with Gasteiger partial charge < -0.3 is 25.8 Å². The number of fused-ring (bicyclic) bond motifs is 1. The van der Waals surface area contributed by atoms with Crippen LogP contribution in [0, 0.1) is 0 Å². The Morgan fingerprint density at radius 3 is 2.75 bits per heavy atom. The Bertz CT molecular complexity index is 609. The molecule has 1 fully saturated rings. The summed E-state index contributed by atoms with van der Waals surface area (Å²) in [6.07, 6.45) is 0. The first kappa shape index (κ1) is 12.5. The number of carbonyl (C=O) groups is 2. The van der Waals surface area contributed by atoms with E-state index in [1.54, 1.807) is 24.3 Å². The van der Waals surface area contributed by atoms with E-state index >= 15 is 0 Å². The van der Waals surface area contributed by atoms with Crippen LogP contribution in [0.15, 0.2) is 35.6 Å². The van der Waals surface area contributed by atoms with Gasteiger partial charge in [-0.25, -0.2) is 0 Å². The average Bonchev–Trinajstić information content (AvgIpc) is 2.97. The summed E-state index contributed by atoms with van der Waals surface area (Å²) in [5.41, 5.74) is 6.39. The number of rotatable bonds is 2. The fourth-order valence-corrected chi connectivity index (χ4v) is 2.26. The molecule has 1 aromatic rings. The number of hydrogen-bond acceptors (Lipinski definition) is 5. The van der Waals surface area contributed by atoms with Crippen molar-refractivity contribution in [1.29, 1.82) is 0 Å². The maximum absolute atomic E-state index is 12.1. The molecule has 104 valence electrons. The normalized spacial score (nSPS) is 21.3. The number of benzene rings is 1. The van der Waals surface area contributed by atoms with Crippen molar-refractivity contribution in [2.45, 2.75) is 6.04 Å². The molecule has 0 aliphatic carbocycles. The fraction of sp³-hybridized carbons (Fsp3) is 0.231. The van der Waals surface area contributed by atoms with Crippen molar-refractivity contribution in [2.24, 2.45) is 0 Å². The molecular formula is C13H13N3O4. The standard InChI is InChI=1S/C13H13N3O4/c14-7-1-3-8(4-2-7)15-12(18)10-11(17)9-5-20-6-16(9)13(10)19/h1-4,9,17H,5-6,14H2,(H,15,18). The maximum Gasteiger partial charge on any atom is 0.265 e. The molecule has 2 heterocycles. The lowest BCUT2D eigenvalue weighted by atomic mass is 10.2. The largest absolute Gasteiger partial charge is 0.509 e. The summed E-state index contributed by atoms with van der Waals surface area (Å²) in [5, 5.41) is 12.5. The molecule has 1 unspecified atom stereocenters. The summed E-state index contributed by atoms with van der Waals surface area (Å²) in [5.74, 6) is -1.38. The molecule has 4 N–H and O–H groups in total. The van der Waals surface area contributed by atoms with Gasteiger partial charge in [-0.1, -0.05) is 0 Å². The van der Waals surface area contributed by atoms with Gasteiger partial charge in [-0.15, -0.1) is 0 Å². The van der Waals surface area contributed by atoms with Crippen LogP contribution < -0.4 is 11.1 Å². The minimum atomic E-state index is -0.633. The Labute approximate surface area is 114 Å². The molecule has 20 heavy (non-hydrogen) atoms. The van der Waals surface area contributed by atoms with Crippen LogP contribution in [-0.4, -0.2) is 41.2 Å². The molecule has 0 spiro atoms. The second kappa shape index (κ2) is 4.53. The smallest absolute Gasteiger partial charge is 0.265 e. The molecule has 1 aromatic carbocycles. The fourth-order valence-electron chi connectivity index (χ4n) is 2.26. The van der Waals surface area contributed by atoms with Gasteiger partial charge in [0.2, 0.25) is 0 Å². The maximum atomic E-state index is 12.1. The van der Waals surface area contributed by atoms with E-state index in [1.165, 1.54) is 4.90 Å². The van der Waals surface area contributed by atoms with E-state index in [2.05, 4.69) is 5.32 Å². The lowest BCUT2D eigenvalue weighted by molar-refractivity contribution is -0.129. The molecule has 3 rings (SSSR count). The van der Waals surface area contributed by atoms with Gasteiger partial charge >= 0.3 is 0 Å². The Morgan fingerprint density at radius 1 is 1.40 bits per heavy atom. The highest BCUT2D eigenvalue weighted by Crippen LogP contribution is 2.28. The summed E-state index contributed by atoms with van der Waals surface area (Å²) in [4.78, 5) is 25.5. The van der Waals surface area contributed by atoms with Gasteiger partial charge in [0.05, 0.1) is 6.61 Å². The van der Waals surface area contributed by atoms with Crippen LogP contribution in [0.5, 0.6) is 0 Å². The number of aliphatic hydroxyl groups excluding tert-OH is 1. The van der Waals surface area contributed by atoms with Crippen molar-refractivity contribution >= 4 is 23.2 Å². The predicted molar refractivity (Wildman–Crippen MR) is 70.6 cm³/mol. The van der Waals surface area contributed by atoms with Crippen molar-refractivity contribution in [2.75, 3.05) is 24.4 Å². The first-order valence-corrected chi connectivity index (χ1v) is 6.06. The monoisotopic (exact) mass is 275 g/mol.